The van der Waals surface area contributed by atoms with E-state index in [1.165, 1.54) is 11.8 Å². The summed E-state index contributed by atoms with van der Waals surface area (Å²) in [5.74, 6) is 0.706. The Labute approximate surface area is 116 Å². The highest BCUT2D eigenvalue weighted by atomic mass is 32.2. The van der Waals surface area contributed by atoms with Crippen LogP contribution in [0, 0.1) is 0 Å². The highest BCUT2D eigenvalue weighted by molar-refractivity contribution is 7.99. The van der Waals surface area contributed by atoms with Crippen LogP contribution in [0.2, 0.25) is 0 Å². The summed E-state index contributed by atoms with van der Waals surface area (Å²) in [5, 5.41) is 6.95. The van der Waals surface area contributed by atoms with E-state index in [0.717, 1.165) is 12.8 Å². The Bertz CT molecular complexity index is 423. The zero-order valence-corrected chi connectivity index (χ0v) is 11.8. The van der Waals surface area contributed by atoms with Gasteiger partial charge in [0.15, 0.2) is 0 Å². The van der Waals surface area contributed by atoms with Gasteiger partial charge in [-0.25, -0.2) is 5.10 Å². The normalized spacial score (nSPS) is 19.6. The number of nitrogen functional groups attached to an aromatic ring is 1. The van der Waals surface area contributed by atoms with Crippen molar-refractivity contribution in [2.24, 2.45) is 0 Å². The summed E-state index contributed by atoms with van der Waals surface area (Å²) < 4.78 is 5.43. The van der Waals surface area contributed by atoms with E-state index in [1.54, 1.807) is 0 Å². The topological polar surface area (TPSA) is 97.1 Å². The van der Waals surface area contributed by atoms with Gasteiger partial charge < -0.3 is 15.4 Å². The predicted molar refractivity (Wildman–Crippen MR) is 72.7 cm³/mol. The van der Waals surface area contributed by atoms with Crippen molar-refractivity contribution < 1.29 is 9.53 Å². The molecule has 7 nitrogen and oxygen atoms in total. The molecule has 0 unspecified atom stereocenters. The van der Waals surface area contributed by atoms with E-state index >= 15 is 0 Å². The number of aromatic nitrogens is 3. The first-order valence-corrected chi connectivity index (χ1v) is 7.37. The summed E-state index contributed by atoms with van der Waals surface area (Å²) >= 11 is 1.30. The minimum absolute atomic E-state index is 0.107. The number of aromatic amines is 1. The fraction of sp³-hybridized carbons (Fsp3) is 0.727. The van der Waals surface area contributed by atoms with Crippen LogP contribution in [-0.2, 0) is 9.53 Å². The average molecular weight is 285 g/mol. The second kappa shape index (κ2) is 6.76. The van der Waals surface area contributed by atoms with E-state index < -0.39 is 0 Å². The zero-order valence-electron chi connectivity index (χ0n) is 11.0. The second-order valence-electron chi connectivity index (χ2n) is 4.40. The molecule has 1 aliphatic rings. The number of amides is 1. The third kappa shape index (κ3) is 3.84. The summed E-state index contributed by atoms with van der Waals surface area (Å²) in [5.41, 5.74) is 5.44. The lowest BCUT2D eigenvalue weighted by molar-refractivity contribution is -0.137. The minimum atomic E-state index is 0.107. The molecule has 1 aromatic heterocycles. The highest BCUT2D eigenvalue weighted by Crippen LogP contribution is 2.17. The first-order chi connectivity index (χ1) is 9.20. The summed E-state index contributed by atoms with van der Waals surface area (Å²) in [7, 11) is 0. The van der Waals surface area contributed by atoms with E-state index in [-0.39, 0.29) is 17.9 Å². The van der Waals surface area contributed by atoms with Gasteiger partial charge >= 0.3 is 0 Å². The summed E-state index contributed by atoms with van der Waals surface area (Å²) in [6, 6.07) is 0.198. The molecule has 1 fully saturated rings. The second-order valence-corrected chi connectivity index (χ2v) is 5.34. The molecule has 0 aromatic carbocycles. The van der Waals surface area contributed by atoms with Crippen molar-refractivity contribution in [2.75, 3.05) is 31.2 Å². The van der Waals surface area contributed by atoms with E-state index in [4.69, 9.17) is 10.5 Å². The Morgan fingerprint density at radius 3 is 3.21 bits per heavy atom. The molecule has 19 heavy (non-hydrogen) atoms. The van der Waals surface area contributed by atoms with Crippen LogP contribution >= 0.6 is 11.8 Å². The van der Waals surface area contributed by atoms with E-state index in [2.05, 4.69) is 22.1 Å². The van der Waals surface area contributed by atoms with Gasteiger partial charge in [-0.1, -0.05) is 25.1 Å². The first kappa shape index (κ1) is 14.1. The van der Waals surface area contributed by atoms with Crippen LogP contribution in [0.5, 0.6) is 0 Å². The van der Waals surface area contributed by atoms with Gasteiger partial charge in [-0.3, -0.25) is 4.79 Å². The Morgan fingerprint density at radius 2 is 2.53 bits per heavy atom. The molecule has 1 aromatic rings. The molecule has 0 spiro atoms. The number of anilines is 1. The van der Waals surface area contributed by atoms with Crippen LogP contribution in [0.15, 0.2) is 5.16 Å². The number of morpholine rings is 1. The number of carbonyl (C=O) groups excluding carboxylic acids is 1. The fourth-order valence-electron chi connectivity index (χ4n) is 2.09. The summed E-state index contributed by atoms with van der Waals surface area (Å²) in [4.78, 5) is 18.1. The maximum atomic E-state index is 12.2. The van der Waals surface area contributed by atoms with Crippen molar-refractivity contribution in [3.05, 3.63) is 0 Å². The Hall–Kier alpha value is -1.28. The third-order valence-electron chi connectivity index (χ3n) is 2.98. The molecule has 8 heteroatoms. The van der Waals surface area contributed by atoms with Crippen molar-refractivity contribution in [2.45, 2.75) is 31.0 Å². The molecule has 0 radical (unpaired) electrons. The SMILES string of the molecule is CCC[C@H]1COCCN1C(=O)CSc1n[nH]c(N)n1. The largest absolute Gasteiger partial charge is 0.377 e. The minimum Gasteiger partial charge on any atom is -0.377 e. The van der Waals surface area contributed by atoms with Gasteiger partial charge in [0, 0.05) is 6.54 Å². The van der Waals surface area contributed by atoms with Crippen LogP contribution in [-0.4, -0.2) is 57.5 Å². The zero-order chi connectivity index (χ0) is 13.7. The number of carbonyl (C=O) groups is 1. The lowest BCUT2D eigenvalue weighted by atomic mass is 10.1. The van der Waals surface area contributed by atoms with Crippen molar-refractivity contribution in [1.82, 2.24) is 20.1 Å². The Balaban J connectivity index is 1.86. The number of thioether (sulfide) groups is 1. The number of nitrogens with one attached hydrogen (secondary N) is 1. The molecule has 1 saturated heterocycles. The maximum absolute atomic E-state index is 12.2. The number of hydrogen-bond donors (Lipinski definition) is 2. The molecule has 0 aliphatic carbocycles. The highest BCUT2D eigenvalue weighted by Gasteiger charge is 2.26. The fourth-order valence-corrected chi connectivity index (χ4v) is 2.78. The quantitative estimate of drug-likeness (QED) is 0.765. The van der Waals surface area contributed by atoms with Gasteiger partial charge in [-0.15, -0.1) is 5.10 Å². The van der Waals surface area contributed by atoms with Crippen LogP contribution in [0.3, 0.4) is 0 Å². The van der Waals surface area contributed by atoms with Crippen molar-refractivity contribution in [3.8, 4) is 0 Å². The third-order valence-corrected chi connectivity index (χ3v) is 3.81. The van der Waals surface area contributed by atoms with E-state index in [0.29, 0.717) is 30.7 Å². The lowest BCUT2D eigenvalue weighted by Gasteiger charge is -2.35. The monoisotopic (exact) mass is 285 g/mol. The molecule has 1 aliphatic heterocycles. The molecular formula is C11H19N5O2S. The first-order valence-electron chi connectivity index (χ1n) is 6.38. The average Bonchev–Trinajstić information content (AvgIpc) is 2.83. The molecule has 3 N–H and O–H groups in total. The Kier molecular flexibility index (Phi) is 5.03. The molecule has 2 rings (SSSR count). The van der Waals surface area contributed by atoms with Gasteiger partial charge in [0.25, 0.3) is 0 Å². The van der Waals surface area contributed by atoms with Crippen LogP contribution in [0.4, 0.5) is 5.95 Å². The summed E-state index contributed by atoms with van der Waals surface area (Å²) in [6.07, 6.45) is 2.02. The molecule has 1 atom stereocenters. The summed E-state index contributed by atoms with van der Waals surface area (Å²) in [6.45, 7) is 4.03. The Morgan fingerprint density at radius 1 is 1.68 bits per heavy atom. The number of hydrogen-bond acceptors (Lipinski definition) is 6. The van der Waals surface area contributed by atoms with Gasteiger partial charge in [-0.05, 0) is 6.42 Å². The van der Waals surface area contributed by atoms with Crippen LogP contribution in [0.25, 0.3) is 0 Å². The lowest BCUT2D eigenvalue weighted by Crippen LogP contribution is -2.49. The van der Waals surface area contributed by atoms with Crippen molar-refractivity contribution in [1.29, 1.82) is 0 Å². The van der Waals surface area contributed by atoms with Gasteiger partial charge in [0.1, 0.15) is 0 Å². The van der Waals surface area contributed by atoms with Gasteiger partial charge in [0.05, 0.1) is 25.0 Å². The molecule has 106 valence electrons. The molecular weight excluding hydrogens is 266 g/mol. The number of nitrogens with two attached hydrogens (primary N) is 1. The molecule has 1 amide bonds. The molecule has 0 bridgehead atoms. The van der Waals surface area contributed by atoms with Gasteiger partial charge in [0.2, 0.25) is 17.0 Å². The van der Waals surface area contributed by atoms with Crippen molar-refractivity contribution >= 4 is 23.6 Å². The van der Waals surface area contributed by atoms with Crippen molar-refractivity contribution in [3.63, 3.8) is 0 Å². The molecule has 0 saturated carbocycles. The number of ether oxygens (including phenoxy) is 1. The number of rotatable bonds is 5. The molecule has 2 heterocycles. The van der Waals surface area contributed by atoms with E-state index in [1.807, 2.05) is 4.90 Å². The number of nitrogens with zero attached hydrogens (tertiary/aromatic N) is 3. The van der Waals surface area contributed by atoms with E-state index in [9.17, 15) is 4.79 Å². The predicted octanol–water partition coefficient (Wildman–Crippen LogP) is 0.507. The van der Waals surface area contributed by atoms with Crippen LogP contribution < -0.4 is 5.73 Å². The number of H-pyrrole nitrogens is 1. The smallest absolute Gasteiger partial charge is 0.233 e. The van der Waals surface area contributed by atoms with Crippen LogP contribution in [0.1, 0.15) is 19.8 Å². The standard InChI is InChI=1S/C11H19N5O2S/c1-2-3-8-6-18-5-4-16(8)9(17)7-19-11-13-10(12)14-15-11/h8H,2-7H2,1H3,(H3,12,13,14,15)/t8-/m0/s1. The maximum Gasteiger partial charge on any atom is 0.233 e. The van der Waals surface area contributed by atoms with Gasteiger partial charge in [-0.2, -0.15) is 4.98 Å².